The minimum atomic E-state index is -0.419. The molecule has 0 radical (unpaired) electrons. The lowest BCUT2D eigenvalue weighted by Crippen LogP contribution is -2.54. The molecule has 0 N–H and O–H groups in total. The van der Waals surface area contributed by atoms with E-state index in [-0.39, 0.29) is 5.69 Å². The average molecular weight is 347 g/mol. The van der Waals surface area contributed by atoms with Crippen LogP contribution in [-0.2, 0) is 0 Å². The number of likely N-dealkylation sites (tertiary alicyclic amines) is 1. The van der Waals surface area contributed by atoms with Gasteiger partial charge in [-0.3, -0.25) is 10.1 Å². The van der Waals surface area contributed by atoms with Gasteiger partial charge in [0.1, 0.15) is 12.4 Å². The number of benzene rings is 1. The molecule has 0 aromatic heterocycles. The lowest BCUT2D eigenvalue weighted by molar-refractivity contribution is -0.385. The normalized spacial score (nSPS) is 26.4. The van der Waals surface area contributed by atoms with Crippen LogP contribution in [0.3, 0.4) is 0 Å². The lowest BCUT2D eigenvalue weighted by Gasteiger charge is -2.47. The summed E-state index contributed by atoms with van der Waals surface area (Å²) in [5, 5.41) is 11.2. The van der Waals surface area contributed by atoms with Gasteiger partial charge in [0.05, 0.1) is 29.8 Å². The third-order valence-corrected chi connectivity index (χ3v) is 5.79. The number of rotatable bonds is 3. The molecule has 136 valence electrons. The number of hydrogen-bond acceptors (Lipinski definition) is 6. The van der Waals surface area contributed by atoms with Crippen molar-refractivity contribution in [3.8, 4) is 11.5 Å². The van der Waals surface area contributed by atoms with Crippen molar-refractivity contribution >= 4 is 11.4 Å². The molecule has 2 fully saturated rings. The number of piperidine rings is 2. The number of fused-ring (bicyclic) bond motifs is 3. The summed E-state index contributed by atoms with van der Waals surface area (Å²) in [5.41, 5.74) is 0.888. The number of nitro groups is 1. The molecule has 0 saturated carbocycles. The van der Waals surface area contributed by atoms with E-state index in [4.69, 9.17) is 9.47 Å². The fourth-order valence-corrected chi connectivity index (χ4v) is 4.49. The number of hydrogen-bond donors (Lipinski definition) is 0. The third kappa shape index (κ3) is 3.01. The quantitative estimate of drug-likeness (QED) is 0.619. The fourth-order valence-electron chi connectivity index (χ4n) is 4.49. The predicted molar refractivity (Wildman–Crippen MR) is 94.7 cm³/mol. The van der Waals surface area contributed by atoms with Gasteiger partial charge in [0.2, 0.25) is 0 Å². The summed E-state index contributed by atoms with van der Waals surface area (Å²) in [6.45, 7) is 3.99. The molecule has 1 aromatic rings. The molecule has 3 aliphatic rings. The smallest absolute Gasteiger partial charge is 0.314 e. The molecule has 3 heterocycles. The van der Waals surface area contributed by atoms with Crippen molar-refractivity contribution in [2.75, 3.05) is 38.3 Å². The van der Waals surface area contributed by atoms with Crippen LogP contribution < -0.4 is 14.4 Å². The maximum atomic E-state index is 11.2. The molecule has 7 heteroatoms. The largest absolute Gasteiger partial charge is 0.490 e. The minimum Gasteiger partial charge on any atom is -0.490 e. The second-order valence-electron chi connectivity index (χ2n) is 7.18. The predicted octanol–water partition coefficient (Wildman–Crippen LogP) is 2.82. The molecule has 4 rings (SSSR count). The van der Waals surface area contributed by atoms with E-state index in [2.05, 4.69) is 9.80 Å². The van der Waals surface area contributed by atoms with Gasteiger partial charge in [-0.1, -0.05) is 6.42 Å². The van der Waals surface area contributed by atoms with Crippen LogP contribution in [-0.4, -0.2) is 55.3 Å². The van der Waals surface area contributed by atoms with Crippen LogP contribution in [0.2, 0.25) is 0 Å². The molecule has 3 aliphatic heterocycles. The van der Waals surface area contributed by atoms with Crippen LogP contribution in [0.15, 0.2) is 12.1 Å². The van der Waals surface area contributed by atoms with Crippen molar-refractivity contribution in [2.45, 2.75) is 44.2 Å². The van der Waals surface area contributed by atoms with Crippen LogP contribution in [0.1, 0.15) is 32.1 Å². The summed E-state index contributed by atoms with van der Waals surface area (Å²) in [5.74, 6) is 0.895. The maximum Gasteiger partial charge on any atom is 0.314 e. The Labute approximate surface area is 147 Å². The van der Waals surface area contributed by atoms with Crippen molar-refractivity contribution in [1.29, 1.82) is 0 Å². The summed E-state index contributed by atoms with van der Waals surface area (Å²) in [7, 11) is 1.47. The Morgan fingerprint density at radius 1 is 1.20 bits per heavy atom. The minimum absolute atomic E-state index is 0.0390. The lowest BCUT2D eigenvalue weighted by atomic mass is 9.93. The monoisotopic (exact) mass is 347 g/mol. The highest BCUT2D eigenvalue weighted by Crippen LogP contribution is 2.44. The molecule has 2 atom stereocenters. The van der Waals surface area contributed by atoms with Crippen LogP contribution in [0, 0.1) is 10.1 Å². The number of nitrogens with zero attached hydrogens (tertiary/aromatic N) is 3. The first kappa shape index (κ1) is 16.4. The zero-order valence-electron chi connectivity index (χ0n) is 14.6. The molecule has 7 nitrogen and oxygen atoms in total. The van der Waals surface area contributed by atoms with Crippen molar-refractivity contribution in [3.05, 3.63) is 22.2 Å². The highest BCUT2D eigenvalue weighted by Gasteiger charge is 2.37. The van der Waals surface area contributed by atoms with E-state index in [9.17, 15) is 10.1 Å². The summed E-state index contributed by atoms with van der Waals surface area (Å²) in [4.78, 5) is 15.8. The topological polar surface area (TPSA) is 68.1 Å². The first-order chi connectivity index (χ1) is 12.2. The summed E-state index contributed by atoms with van der Waals surface area (Å²) >= 11 is 0. The summed E-state index contributed by atoms with van der Waals surface area (Å²) < 4.78 is 11.1. The SMILES string of the molecule is COc1cc2c(cc1[N+](=O)[O-])OCC1CC(N3CCCCC3)CCN21. The Morgan fingerprint density at radius 2 is 2.00 bits per heavy atom. The third-order valence-electron chi connectivity index (χ3n) is 5.79. The van der Waals surface area contributed by atoms with E-state index in [1.807, 2.05) is 0 Å². The molecule has 2 unspecified atom stereocenters. The van der Waals surface area contributed by atoms with E-state index in [0.717, 1.165) is 25.1 Å². The standard InChI is InChI=1S/C18H25N3O4/c1-24-17-10-15-18(11-16(17)21(22)23)25-12-14-9-13(5-8-20(14)15)19-6-3-2-4-7-19/h10-11,13-14H,2-9,12H2,1H3. The van der Waals surface area contributed by atoms with Gasteiger partial charge in [0.25, 0.3) is 0 Å². The fraction of sp³-hybridized carbons (Fsp3) is 0.667. The molecule has 25 heavy (non-hydrogen) atoms. The zero-order valence-corrected chi connectivity index (χ0v) is 14.6. The molecule has 1 aromatic carbocycles. The Balaban J connectivity index is 1.56. The summed E-state index contributed by atoms with van der Waals surface area (Å²) in [6, 6.07) is 4.23. The van der Waals surface area contributed by atoms with E-state index in [0.29, 0.717) is 30.2 Å². The number of methoxy groups -OCH3 is 1. The molecular weight excluding hydrogens is 322 g/mol. The highest BCUT2D eigenvalue weighted by molar-refractivity contribution is 5.69. The van der Waals surface area contributed by atoms with E-state index >= 15 is 0 Å². The Bertz CT molecular complexity index is 660. The van der Waals surface area contributed by atoms with Crippen molar-refractivity contribution in [3.63, 3.8) is 0 Å². The van der Waals surface area contributed by atoms with Gasteiger partial charge in [-0.2, -0.15) is 0 Å². The van der Waals surface area contributed by atoms with E-state index in [1.165, 1.54) is 45.5 Å². The number of ether oxygens (including phenoxy) is 2. The molecular formula is C18H25N3O4. The Kier molecular flexibility index (Phi) is 4.41. The van der Waals surface area contributed by atoms with E-state index < -0.39 is 4.92 Å². The number of anilines is 1. The second-order valence-corrected chi connectivity index (χ2v) is 7.18. The van der Waals surface area contributed by atoms with Crippen LogP contribution in [0.5, 0.6) is 11.5 Å². The Hall–Kier alpha value is -2.02. The van der Waals surface area contributed by atoms with Gasteiger partial charge < -0.3 is 19.3 Å². The second kappa shape index (κ2) is 6.71. The van der Waals surface area contributed by atoms with Gasteiger partial charge in [-0.15, -0.1) is 0 Å². The van der Waals surface area contributed by atoms with Gasteiger partial charge in [0, 0.05) is 18.7 Å². The first-order valence-corrected chi connectivity index (χ1v) is 9.17. The Morgan fingerprint density at radius 3 is 2.72 bits per heavy atom. The van der Waals surface area contributed by atoms with Crippen molar-refractivity contribution in [2.24, 2.45) is 0 Å². The van der Waals surface area contributed by atoms with Crippen molar-refractivity contribution < 1.29 is 14.4 Å². The molecule has 0 amide bonds. The molecule has 0 bridgehead atoms. The van der Waals surface area contributed by atoms with Crippen LogP contribution in [0.25, 0.3) is 0 Å². The summed E-state index contributed by atoms with van der Waals surface area (Å²) in [6.07, 6.45) is 6.21. The van der Waals surface area contributed by atoms with Gasteiger partial charge in [-0.05, 0) is 38.8 Å². The zero-order chi connectivity index (χ0) is 17.4. The maximum absolute atomic E-state index is 11.2. The van der Waals surface area contributed by atoms with Crippen LogP contribution in [0.4, 0.5) is 11.4 Å². The molecule has 2 saturated heterocycles. The van der Waals surface area contributed by atoms with Crippen molar-refractivity contribution in [1.82, 2.24) is 4.90 Å². The molecule has 0 aliphatic carbocycles. The van der Waals surface area contributed by atoms with Gasteiger partial charge in [0.15, 0.2) is 5.75 Å². The van der Waals surface area contributed by atoms with Gasteiger partial charge >= 0.3 is 5.69 Å². The van der Waals surface area contributed by atoms with Crippen LogP contribution >= 0.6 is 0 Å². The van der Waals surface area contributed by atoms with E-state index in [1.54, 1.807) is 6.07 Å². The number of nitro benzene ring substituents is 1. The highest BCUT2D eigenvalue weighted by atomic mass is 16.6. The first-order valence-electron chi connectivity index (χ1n) is 9.17. The average Bonchev–Trinajstić information content (AvgIpc) is 2.66. The molecule has 0 spiro atoms. The van der Waals surface area contributed by atoms with Gasteiger partial charge in [-0.25, -0.2) is 0 Å².